The smallest absolute Gasteiger partial charge is 0.0505 e. The Kier molecular flexibility index (Phi) is 3.42. The molecule has 0 aliphatic heterocycles. The maximum Gasteiger partial charge on any atom is 0.0505 e. The molecule has 0 aliphatic carbocycles. The van der Waals surface area contributed by atoms with Crippen molar-refractivity contribution in [3.63, 3.8) is 0 Å². The van der Waals surface area contributed by atoms with Crippen LogP contribution in [0.1, 0.15) is 20.3 Å². The van der Waals surface area contributed by atoms with Gasteiger partial charge in [0.2, 0.25) is 0 Å². The highest BCUT2D eigenvalue weighted by Crippen LogP contribution is 2.15. The van der Waals surface area contributed by atoms with Crippen LogP contribution < -0.4 is 5.32 Å². The van der Waals surface area contributed by atoms with Crippen LogP contribution in [0, 0.1) is 6.07 Å². The van der Waals surface area contributed by atoms with E-state index >= 15 is 0 Å². The van der Waals surface area contributed by atoms with Crippen molar-refractivity contribution >= 4 is 17.3 Å². The summed E-state index contributed by atoms with van der Waals surface area (Å²) in [6.45, 7) is 4.29. The molecule has 1 nitrogen and oxygen atoms in total. The molecule has 0 heterocycles. The summed E-state index contributed by atoms with van der Waals surface area (Å²) in [5.41, 5.74) is 1.06. The first-order valence-electron chi connectivity index (χ1n) is 4.16. The SMILES string of the molecule is CCC(C)Nc1cc[c]c(Cl)c1. The van der Waals surface area contributed by atoms with Crippen LogP contribution in [0.3, 0.4) is 0 Å². The number of benzene rings is 1. The second kappa shape index (κ2) is 4.36. The third-order valence-electron chi connectivity index (χ3n) is 1.79. The van der Waals surface area contributed by atoms with Gasteiger partial charge in [-0.15, -0.1) is 0 Å². The second-order valence-electron chi connectivity index (χ2n) is 2.88. The van der Waals surface area contributed by atoms with E-state index in [-0.39, 0.29) is 0 Å². The lowest BCUT2D eigenvalue weighted by Gasteiger charge is -2.12. The maximum atomic E-state index is 5.78. The van der Waals surface area contributed by atoms with Crippen LogP contribution in [0.2, 0.25) is 5.02 Å². The van der Waals surface area contributed by atoms with E-state index in [0.29, 0.717) is 11.1 Å². The highest BCUT2D eigenvalue weighted by Gasteiger charge is 1.98. The first kappa shape index (κ1) is 9.40. The molecule has 1 aromatic carbocycles. The molecule has 1 aromatic rings. The van der Waals surface area contributed by atoms with Gasteiger partial charge >= 0.3 is 0 Å². The van der Waals surface area contributed by atoms with Crippen molar-refractivity contribution in [1.29, 1.82) is 0 Å². The van der Waals surface area contributed by atoms with Gasteiger partial charge in [-0.05, 0) is 25.5 Å². The highest BCUT2D eigenvalue weighted by molar-refractivity contribution is 6.30. The van der Waals surface area contributed by atoms with Crippen LogP contribution in [-0.2, 0) is 0 Å². The minimum Gasteiger partial charge on any atom is -0.383 e. The van der Waals surface area contributed by atoms with Gasteiger partial charge in [-0.25, -0.2) is 0 Å². The number of hydrogen-bond donors (Lipinski definition) is 1. The summed E-state index contributed by atoms with van der Waals surface area (Å²) >= 11 is 5.78. The normalized spacial score (nSPS) is 12.6. The summed E-state index contributed by atoms with van der Waals surface area (Å²) in [6, 6.07) is 9.06. The molecule has 0 amide bonds. The van der Waals surface area contributed by atoms with E-state index in [4.69, 9.17) is 11.6 Å². The molecule has 12 heavy (non-hydrogen) atoms. The molecule has 0 saturated carbocycles. The third-order valence-corrected chi connectivity index (χ3v) is 2.01. The molecule has 1 radical (unpaired) electrons. The fourth-order valence-corrected chi connectivity index (χ4v) is 1.09. The van der Waals surface area contributed by atoms with Crippen molar-refractivity contribution in [3.8, 4) is 0 Å². The Labute approximate surface area is 78.7 Å². The minimum absolute atomic E-state index is 0.489. The van der Waals surface area contributed by atoms with Gasteiger partial charge in [0, 0.05) is 17.8 Å². The summed E-state index contributed by atoms with van der Waals surface area (Å²) in [7, 11) is 0. The quantitative estimate of drug-likeness (QED) is 0.756. The summed E-state index contributed by atoms with van der Waals surface area (Å²) in [5.74, 6) is 0. The topological polar surface area (TPSA) is 12.0 Å². The molecule has 1 unspecified atom stereocenters. The fourth-order valence-electron chi connectivity index (χ4n) is 0.914. The number of hydrogen-bond acceptors (Lipinski definition) is 1. The predicted molar refractivity (Wildman–Crippen MR) is 53.7 cm³/mol. The van der Waals surface area contributed by atoms with Crippen molar-refractivity contribution < 1.29 is 0 Å². The van der Waals surface area contributed by atoms with Gasteiger partial charge in [0.1, 0.15) is 0 Å². The standard InChI is InChI=1S/C10H13ClN/c1-3-8(2)12-10-6-4-5-9(11)7-10/h4,6-8,12H,3H2,1-2H3. The van der Waals surface area contributed by atoms with Crippen LogP contribution in [0.15, 0.2) is 18.2 Å². The average molecular weight is 183 g/mol. The van der Waals surface area contributed by atoms with E-state index in [1.165, 1.54) is 0 Å². The van der Waals surface area contributed by atoms with E-state index in [0.717, 1.165) is 12.1 Å². The Morgan fingerprint density at radius 1 is 1.67 bits per heavy atom. The van der Waals surface area contributed by atoms with E-state index in [2.05, 4.69) is 25.2 Å². The summed E-state index contributed by atoms with van der Waals surface area (Å²) < 4.78 is 0. The van der Waals surface area contributed by atoms with Crippen LogP contribution >= 0.6 is 11.6 Å². The van der Waals surface area contributed by atoms with Crippen molar-refractivity contribution in [3.05, 3.63) is 29.3 Å². The van der Waals surface area contributed by atoms with Gasteiger partial charge in [-0.2, -0.15) is 0 Å². The Balaban J connectivity index is 2.63. The molecule has 1 atom stereocenters. The lowest BCUT2D eigenvalue weighted by atomic mass is 10.2. The Morgan fingerprint density at radius 3 is 3.00 bits per heavy atom. The molecule has 65 valence electrons. The fraction of sp³-hybridized carbons (Fsp3) is 0.400. The van der Waals surface area contributed by atoms with E-state index in [1.807, 2.05) is 18.2 Å². The number of nitrogens with one attached hydrogen (secondary N) is 1. The van der Waals surface area contributed by atoms with Crippen LogP contribution in [-0.4, -0.2) is 6.04 Å². The predicted octanol–water partition coefficient (Wildman–Crippen LogP) is 3.35. The van der Waals surface area contributed by atoms with E-state index < -0.39 is 0 Å². The van der Waals surface area contributed by atoms with Gasteiger partial charge < -0.3 is 5.32 Å². The third kappa shape index (κ3) is 2.74. The highest BCUT2D eigenvalue weighted by atomic mass is 35.5. The van der Waals surface area contributed by atoms with Crippen LogP contribution in [0.4, 0.5) is 5.69 Å². The van der Waals surface area contributed by atoms with E-state index in [9.17, 15) is 0 Å². The Bertz CT molecular complexity index is 247. The molecule has 0 fully saturated rings. The monoisotopic (exact) mass is 182 g/mol. The van der Waals surface area contributed by atoms with Crippen molar-refractivity contribution in [1.82, 2.24) is 0 Å². The zero-order valence-corrected chi connectivity index (χ0v) is 8.15. The second-order valence-corrected chi connectivity index (χ2v) is 3.29. The summed E-state index contributed by atoms with van der Waals surface area (Å²) in [4.78, 5) is 0. The van der Waals surface area contributed by atoms with Gasteiger partial charge in [0.15, 0.2) is 0 Å². The van der Waals surface area contributed by atoms with E-state index in [1.54, 1.807) is 0 Å². The molecule has 0 spiro atoms. The molecule has 1 rings (SSSR count). The molecule has 0 bridgehead atoms. The molecule has 0 aliphatic rings. The minimum atomic E-state index is 0.489. The Morgan fingerprint density at radius 2 is 2.42 bits per heavy atom. The van der Waals surface area contributed by atoms with Gasteiger partial charge in [0.25, 0.3) is 0 Å². The molecular weight excluding hydrogens is 170 g/mol. The first-order valence-corrected chi connectivity index (χ1v) is 4.54. The molecule has 0 aromatic heterocycles. The van der Waals surface area contributed by atoms with Crippen LogP contribution in [0.5, 0.6) is 0 Å². The molecule has 2 heteroatoms. The van der Waals surface area contributed by atoms with Gasteiger partial charge in [-0.1, -0.05) is 24.6 Å². The Hall–Kier alpha value is -0.690. The molecule has 0 saturated heterocycles. The zero-order chi connectivity index (χ0) is 8.97. The zero-order valence-electron chi connectivity index (χ0n) is 7.39. The van der Waals surface area contributed by atoms with Crippen molar-refractivity contribution in [2.45, 2.75) is 26.3 Å². The van der Waals surface area contributed by atoms with Gasteiger partial charge in [-0.3, -0.25) is 0 Å². The van der Waals surface area contributed by atoms with Gasteiger partial charge in [0.05, 0.1) is 5.02 Å². The number of anilines is 1. The van der Waals surface area contributed by atoms with Crippen molar-refractivity contribution in [2.24, 2.45) is 0 Å². The first-order chi connectivity index (χ1) is 5.72. The average Bonchev–Trinajstić information content (AvgIpc) is 2.04. The van der Waals surface area contributed by atoms with Crippen molar-refractivity contribution in [2.75, 3.05) is 5.32 Å². The lowest BCUT2D eigenvalue weighted by molar-refractivity contribution is 0.764. The number of halogens is 1. The summed E-state index contributed by atoms with van der Waals surface area (Å²) in [6.07, 6.45) is 1.11. The number of rotatable bonds is 3. The molecular formula is C10H13ClN. The lowest BCUT2D eigenvalue weighted by Crippen LogP contribution is -2.12. The maximum absolute atomic E-state index is 5.78. The largest absolute Gasteiger partial charge is 0.383 e. The summed E-state index contributed by atoms with van der Waals surface area (Å²) in [5, 5.41) is 3.98. The van der Waals surface area contributed by atoms with Crippen LogP contribution in [0.25, 0.3) is 0 Å². The molecule has 1 N–H and O–H groups in total.